The molecule has 6 nitrogen and oxygen atoms in total. The van der Waals surface area contributed by atoms with Gasteiger partial charge in [0.25, 0.3) is 0 Å². The van der Waals surface area contributed by atoms with E-state index in [1.165, 1.54) is 23.6 Å². The lowest BCUT2D eigenvalue weighted by Gasteiger charge is -2.42. The van der Waals surface area contributed by atoms with Crippen molar-refractivity contribution < 1.29 is 19.5 Å². The Morgan fingerprint density at radius 1 is 1.50 bits per heavy atom. The first-order valence-corrected chi connectivity index (χ1v) is 7.62. The molecule has 0 saturated carbocycles. The topological polar surface area (TPSA) is 86.7 Å². The molecule has 0 aromatic carbocycles. The van der Waals surface area contributed by atoms with Crippen LogP contribution in [-0.2, 0) is 14.4 Å². The highest BCUT2D eigenvalue weighted by Crippen LogP contribution is 2.46. The van der Waals surface area contributed by atoms with Crippen molar-refractivity contribution in [3.8, 4) is 0 Å². The van der Waals surface area contributed by atoms with E-state index in [0.29, 0.717) is 18.7 Å². The zero-order chi connectivity index (χ0) is 14.9. The maximum Gasteiger partial charge on any atom is 0.353 e. The van der Waals surface area contributed by atoms with Crippen LogP contribution in [0.4, 0.5) is 0 Å². The summed E-state index contributed by atoms with van der Waals surface area (Å²) < 4.78 is 0. The Bertz CT molecular complexity index is 489. The summed E-state index contributed by atoms with van der Waals surface area (Å²) >= 11 is 1.41. The van der Waals surface area contributed by atoms with E-state index in [-0.39, 0.29) is 29.5 Å². The third-order valence-corrected chi connectivity index (χ3v) is 4.76. The van der Waals surface area contributed by atoms with Gasteiger partial charge in [0.05, 0.1) is 12.0 Å². The molecule has 2 aliphatic heterocycles. The van der Waals surface area contributed by atoms with Gasteiger partial charge in [-0.1, -0.05) is 6.92 Å². The Morgan fingerprint density at radius 3 is 2.75 bits per heavy atom. The van der Waals surface area contributed by atoms with Crippen LogP contribution in [0.3, 0.4) is 0 Å². The molecule has 0 radical (unpaired) electrons. The summed E-state index contributed by atoms with van der Waals surface area (Å²) in [6.07, 6.45) is 1.37. The van der Waals surface area contributed by atoms with E-state index in [1.54, 1.807) is 0 Å². The summed E-state index contributed by atoms with van der Waals surface area (Å²) in [6.45, 7) is 3.88. The lowest BCUT2D eigenvalue weighted by Crippen LogP contribution is -2.58. The van der Waals surface area contributed by atoms with Crippen molar-refractivity contribution in [1.29, 1.82) is 0 Å². The molecule has 1 unspecified atom stereocenters. The lowest BCUT2D eigenvalue weighted by atomic mass is 9.85. The molecule has 0 spiro atoms. The van der Waals surface area contributed by atoms with Crippen molar-refractivity contribution in [2.24, 2.45) is 5.92 Å². The zero-order valence-electron chi connectivity index (χ0n) is 11.5. The number of carboxylic acids is 1. The van der Waals surface area contributed by atoms with Gasteiger partial charge in [-0.25, -0.2) is 4.79 Å². The Balaban J connectivity index is 2.02. The normalized spacial score (nSPS) is 24.5. The number of rotatable bonds is 6. The summed E-state index contributed by atoms with van der Waals surface area (Å²) in [5, 5.41) is 12.0. The number of hydrogen-bond donors (Lipinski definition) is 2. The molecule has 2 heterocycles. The van der Waals surface area contributed by atoms with Crippen LogP contribution in [0.15, 0.2) is 10.6 Å². The number of β-lactam (4-membered cyclic amide) rings is 1. The van der Waals surface area contributed by atoms with Gasteiger partial charge in [0.2, 0.25) is 11.8 Å². The molecular formula is C13H18N2O4S. The third-order valence-electron chi connectivity index (χ3n) is 3.64. The molecule has 7 heteroatoms. The van der Waals surface area contributed by atoms with E-state index in [4.69, 9.17) is 0 Å². The molecule has 1 saturated heterocycles. The first kappa shape index (κ1) is 14.9. The van der Waals surface area contributed by atoms with Crippen LogP contribution in [0.2, 0.25) is 0 Å². The van der Waals surface area contributed by atoms with Gasteiger partial charge in [0.1, 0.15) is 5.70 Å². The monoisotopic (exact) mass is 298 g/mol. The first-order valence-electron chi connectivity index (χ1n) is 6.64. The van der Waals surface area contributed by atoms with Gasteiger partial charge >= 0.3 is 5.97 Å². The predicted octanol–water partition coefficient (Wildman–Crippen LogP) is 0.793. The fraction of sp³-hybridized carbons (Fsp3) is 0.615. The van der Waals surface area contributed by atoms with Gasteiger partial charge < -0.3 is 15.3 Å². The van der Waals surface area contributed by atoms with Gasteiger partial charge in [-0.2, -0.15) is 0 Å². The standard InChI is InChI=1S/C13H18N2O4S/c1-3-8-9-6-10(20-5-4-14-7(2)16)11(13(18)19)15(9)12(8)17/h8-9H,3-6H2,1-2H3,(H,14,16)(H,18,19)/t8-,9?/m1/s1. The van der Waals surface area contributed by atoms with Crippen molar-refractivity contribution in [2.45, 2.75) is 32.7 Å². The van der Waals surface area contributed by atoms with Gasteiger partial charge in [-0.15, -0.1) is 11.8 Å². The zero-order valence-corrected chi connectivity index (χ0v) is 12.3. The van der Waals surface area contributed by atoms with E-state index >= 15 is 0 Å². The highest BCUT2D eigenvalue weighted by molar-refractivity contribution is 8.03. The number of fused-ring (bicyclic) bond motifs is 1. The maximum absolute atomic E-state index is 11.9. The fourth-order valence-electron chi connectivity index (χ4n) is 2.73. The minimum atomic E-state index is -1.04. The van der Waals surface area contributed by atoms with Crippen molar-refractivity contribution >= 4 is 29.5 Å². The average molecular weight is 298 g/mol. The molecule has 0 bridgehead atoms. The smallest absolute Gasteiger partial charge is 0.353 e. The van der Waals surface area contributed by atoms with Gasteiger partial charge in [-0.3, -0.25) is 9.59 Å². The second-order valence-electron chi connectivity index (χ2n) is 4.90. The quantitative estimate of drug-likeness (QED) is 0.559. The van der Waals surface area contributed by atoms with Gasteiger partial charge in [0.15, 0.2) is 0 Å². The van der Waals surface area contributed by atoms with Crippen LogP contribution in [0.25, 0.3) is 0 Å². The molecule has 2 N–H and O–H groups in total. The number of thioether (sulfide) groups is 1. The van der Waals surface area contributed by atoms with Crippen molar-refractivity contribution in [3.05, 3.63) is 10.6 Å². The molecule has 2 atom stereocenters. The molecule has 1 fully saturated rings. The largest absolute Gasteiger partial charge is 0.477 e. The van der Waals surface area contributed by atoms with Crippen LogP contribution >= 0.6 is 11.8 Å². The Hall–Kier alpha value is -1.50. The van der Waals surface area contributed by atoms with Crippen LogP contribution in [-0.4, -0.2) is 46.1 Å². The number of amides is 2. The lowest BCUT2D eigenvalue weighted by molar-refractivity contribution is -0.155. The molecule has 2 aliphatic rings. The van der Waals surface area contributed by atoms with Crippen LogP contribution in [0.1, 0.15) is 26.7 Å². The van der Waals surface area contributed by atoms with Gasteiger partial charge in [0, 0.05) is 30.5 Å². The molecule has 0 aliphatic carbocycles. The van der Waals surface area contributed by atoms with Gasteiger partial charge in [-0.05, 0) is 6.42 Å². The SMILES string of the molecule is CC[C@H]1C(=O)N2C(C(=O)O)=C(SCCNC(C)=O)CC12. The number of aliphatic carboxylic acids is 1. The molecule has 110 valence electrons. The summed E-state index contributed by atoms with van der Waals surface area (Å²) in [5.41, 5.74) is 0.137. The number of nitrogens with one attached hydrogen (secondary N) is 1. The minimum Gasteiger partial charge on any atom is -0.477 e. The van der Waals surface area contributed by atoms with E-state index in [1.807, 2.05) is 6.92 Å². The molecule has 0 aromatic heterocycles. The number of nitrogens with zero attached hydrogens (tertiary/aromatic N) is 1. The number of carbonyl (C=O) groups excluding carboxylic acids is 2. The highest BCUT2D eigenvalue weighted by atomic mass is 32.2. The van der Waals surface area contributed by atoms with Crippen LogP contribution < -0.4 is 5.32 Å². The van der Waals surface area contributed by atoms with Crippen LogP contribution in [0.5, 0.6) is 0 Å². The predicted molar refractivity (Wildman–Crippen MR) is 74.8 cm³/mol. The maximum atomic E-state index is 11.9. The Kier molecular flexibility index (Phi) is 4.37. The summed E-state index contributed by atoms with van der Waals surface area (Å²) in [6, 6.07) is 0.0156. The second kappa shape index (κ2) is 5.87. The van der Waals surface area contributed by atoms with E-state index in [0.717, 1.165) is 11.3 Å². The minimum absolute atomic E-state index is 0.0156. The Morgan fingerprint density at radius 2 is 2.20 bits per heavy atom. The average Bonchev–Trinajstić information content (AvgIpc) is 2.70. The summed E-state index contributed by atoms with van der Waals surface area (Å²) in [7, 11) is 0. The number of carbonyl (C=O) groups is 3. The fourth-order valence-corrected chi connectivity index (χ4v) is 3.79. The first-order chi connectivity index (χ1) is 9.47. The number of carboxylic acid groups (broad SMARTS) is 1. The highest BCUT2D eigenvalue weighted by Gasteiger charge is 2.54. The molecule has 2 rings (SSSR count). The second-order valence-corrected chi connectivity index (χ2v) is 6.09. The van der Waals surface area contributed by atoms with E-state index < -0.39 is 5.97 Å². The summed E-state index contributed by atoms with van der Waals surface area (Å²) in [5.74, 6) is -0.658. The van der Waals surface area contributed by atoms with Crippen molar-refractivity contribution in [3.63, 3.8) is 0 Å². The van der Waals surface area contributed by atoms with E-state index in [9.17, 15) is 19.5 Å². The molecule has 0 aromatic rings. The van der Waals surface area contributed by atoms with E-state index in [2.05, 4.69) is 5.32 Å². The molecule has 20 heavy (non-hydrogen) atoms. The molecular weight excluding hydrogens is 280 g/mol. The summed E-state index contributed by atoms with van der Waals surface area (Å²) in [4.78, 5) is 36.2. The molecule has 2 amide bonds. The third kappa shape index (κ3) is 2.54. The number of hydrogen-bond acceptors (Lipinski definition) is 4. The Labute approximate surface area is 121 Å². The van der Waals surface area contributed by atoms with Crippen molar-refractivity contribution in [2.75, 3.05) is 12.3 Å². The van der Waals surface area contributed by atoms with Crippen LogP contribution in [0, 0.1) is 5.92 Å². The van der Waals surface area contributed by atoms with Crippen molar-refractivity contribution in [1.82, 2.24) is 10.2 Å².